The number of ether oxygens (including phenoxy) is 1. The highest BCUT2D eigenvalue weighted by Gasteiger charge is 2.25. The molecule has 2 unspecified atom stereocenters. The Labute approximate surface area is 107 Å². The van der Waals surface area contributed by atoms with Crippen LogP contribution in [0.3, 0.4) is 0 Å². The smallest absolute Gasteiger partial charge is 0.141 e. The van der Waals surface area contributed by atoms with Gasteiger partial charge in [0.2, 0.25) is 0 Å². The number of rotatable bonds is 2. The zero-order valence-corrected chi connectivity index (χ0v) is 10.9. The lowest BCUT2D eigenvalue weighted by molar-refractivity contribution is -0.00848. The molecule has 96 valence electrons. The number of aromatic nitrogens is 3. The van der Waals surface area contributed by atoms with Gasteiger partial charge in [-0.2, -0.15) is 0 Å². The van der Waals surface area contributed by atoms with E-state index in [0.29, 0.717) is 6.04 Å². The summed E-state index contributed by atoms with van der Waals surface area (Å²) in [6, 6.07) is 2.50. The van der Waals surface area contributed by atoms with Crippen LogP contribution in [0, 0.1) is 0 Å². The van der Waals surface area contributed by atoms with E-state index in [0.717, 1.165) is 25.3 Å². The molecule has 3 rings (SSSR count). The van der Waals surface area contributed by atoms with Crippen molar-refractivity contribution in [3.05, 3.63) is 30.9 Å². The number of hydrogen-bond acceptors (Lipinski definition) is 2. The summed E-state index contributed by atoms with van der Waals surface area (Å²) in [5.41, 5.74) is 1.17. The first-order chi connectivity index (χ1) is 8.75. The van der Waals surface area contributed by atoms with Crippen molar-refractivity contribution in [1.29, 1.82) is 0 Å². The zero-order valence-electron chi connectivity index (χ0n) is 10.9. The number of aryl methyl sites for hydroxylation is 1. The first kappa shape index (κ1) is 11.5. The topological polar surface area (TPSA) is 32.0 Å². The minimum atomic E-state index is 0.260. The van der Waals surface area contributed by atoms with Gasteiger partial charge in [-0.1, -0.05) is 0 Å². The van der Waals surface area contributed by atoms with E-state index in [1.807, 2.05) is 13.2 Å². The van der Waals surface area contributed by atoms with Gasteiger partial charge in [0.05, 0.1) is 12.1 Å². The molecule has 4 heteroatoms. The van der Waals surface area contributed by atoms with Crippen LogP contribution in [0.4, 0.5) is 0 Å². The summed E-state index contributed by atoms with van der Waals surface area (Å²) >= 11 is 0. The molecule has 0 saturated carbocycles. The standard InChI is InChI=1S/C14H19N3O/c1-11-13(4-3-9-18-11)17-8-6-15-14(17)12-5-7-16(2)10-12/h5-8,10-11,13H,3-4,9H2,1-2H3. The molecule has 2 atom stereocenters. The largest absolute Gasteiger partial charge is 0.376 e. The van der Waals surface area contributed by atoms with E-state index >= 15 is 0 Å². The average molecular weight is 245 g/mol. The van der Waals surface area contributed by atoms with Crippen molar-refractivity contribution in [1.82, 2.24) is 14.1 Å². The van der Waals surface area contributed by atoms with Crippen molar-refractivity contribution >= 4 is 0 Å². The summed E-state index contributed by atoms with van der Waals surface area (Å²) in [6.07, 6.45) is 10.7. The molecule has 3 heterocycles. The molecule has 0 aliphatic carbocycles. The summed E-state index contributed by atoms with van der Waals surface area (Å²) in [7, 11) is 2.03. The second-order valence-electron chi connectivity index (χ2n) is 5.01. The number of nitrogens with zero attached hydrogens (tertiary/aromatic N) is 3. The third-order valence-corrected chi connectivity index (χ3v) is 3.68. The van der Waals surface area contributed by atoms with Gasteiger partial charge in [-0.15, -0.1) is 0 Å². The van der Waals surface area contributed by atoms with Gasteiger partial charge in [0.15, 0.2) is 0 Å². The van der Waals surface area contributed by atoms with Crippen molar-refractivity contribution in [3.63, 3.8) is 0 Å². The molecule has 4 nitrogen and oxygen atoms in total. The van der Waals surface area contributed by atoms with E-state index < -0.39 is 0 Å². The Hall–Kier alpha value is -1.55. The predicted octanol–water partition coefficient (Wildman–Crippen LogP) is 2.63. The monoisotopic (exact) mass is 245 g/mol. The SMILES string of the molecule is CC1OCCCC1n1ccnc1-c1ccn(C)c1. The lowest BCUT2D eigenvalue weighted by atomic mass is 10.0. The molecule has 0 aromatic carbocycles. The Bertz CT molecular complexity index is 529. The van der Waals surface area contributed by atoms with Crippen LogP contribution in [-0.2, 0) is 11.8 Å². The maximum absolute atomic E-state index is 5.76. The molecule has 2 aromatic rings. The predicted molar refractivity (Wildman–Crippen MR) is 70.3 cm³/mol. The van der Waals surface area contributed by atoms with Crippen LogP contribution in [0.25, 0.3) is 11.4 Å². The molecular formula is C14H19N3O. The first-order valence-electron chi connectivity index (χ1n) is 6.52. The summed E-state index contributed by atoms with van der Waals surface area (Å²) in [5, 5.41) is 0. The van der Waals surface area contributed by atoms with Gasteiger partial charge in [-0.25, -0.2) is 4.98 Å². The van der Waals surface area contributed by atoms with Gasteiger partial charge < -0.3 is 13.9 Å². The van der Waals surface area contributed by atoms with E-state index in [9.17, 15) is 0 Å². The summed E-state index contributed by atoms with van der Waals surface area (Å²) < 4.78 is 10.1. The van der Waals surface area contributed by atoms with E-state index in [-0.39, 0.29) is 6.10 Å². The molecule has 1 saturated heterocycles. The number of hydrogen-bond donors (Lipinski definition) is 0. The molecule has 1 aliphatic rings. The zero-order chi connectivity index (χ0) is 12.5. The van der Waals surface area contributed by atoms with Crippen LogP contribution in [0.5, 0.6) is 0 Å². The molecule has 1 aliphatic heterocycles. The van der Waals surface area contributed by atoms with Crippen LogP contribution >= 0.6 is 0 Å². The van der Waals surface area contributed by atoms with E-state index in [1.165, 1.54) is 5.56 Å². The highest BCUT2D eigenvalue weighted by molar-refractivity contribution is 5.54. The fourth-order valence-corrected chi connectivity index (χ4v) is 2.71. The van der Waals surface area contributed by atoms with Crippen molar-refractivity contribution < 1.29 is 4.74 Å². The lowest BCUT2D eigenvalue weighted by Crippen LogP contribution is -2.29. The van der Waals surface area contributed by atoms with Gasteiger partial charge >= 0.3 is 0 Å². The van der Waals surface area contributed by atoms with E-state index in [1.54, 1.807) is 0 Å². The Morgan fingerprint density at radius 3 is 3.00 bits per heavy atom. The highest BCUT2D eigenvalue weighted by atomic mass is 16.5. The Kier molecular flexibility index (Phi) is 2.96. The third kappa shape index (κ3) is 1.97. The Balaban J connectivity index is 1.95. The van der Waals surface area contributed by atoms with Crippen molar-refractivity contribution in [2.45, 2.75) is 31.9 Å². The quantitative estimate of drug-likeness (QED) is 0.814. The van der Waals surface area contributed by atoms with Crippen LogP contribution in [0.2, 0.25) is 0 Å². The maximum atomic E-state index is 5.76. The molecular weight excluding hydrogens is 226 g/mol. The second-order valence-corrected chi connectivity index (χ2v) is 5.01. The third-order valence-electron chi connectivity index (χ3n) is 3.68. The van der Waals surface area contributed by atoms with Gasteiger partial charge in [0.25, 0.3) is 0 Å². The molecule has 0 radical (unpaired) electrons. The fraction of sp³-hybridized carbons (Fsp3) is 0.500. The molecule has 2 aromatic heterocycles. The molecule has 0 bridgehead atoms. The minimum Gasteiger partial charge on any atom is -0.376 e. The first-order valence-corrected chi connectivity index (χ1v) is 6.52. The molecule has 18 heavy (non-hydrogen) atoms. The Morgan fingerprint density at radius 2 is 2.28 bits per heavy atom. The van der Waals surface area contributed by atoms with Gasteiger partial charge in [0, 0.05) is 44.0 Å². The molecule has 0 N–H and O–H groups in total. The fourth-order valence-electron chi connectivity index (χ4n) is 2.71. The molecule has 0 spiro atoms. The minimum absolute atomic E-state index is 0.260. The van der Waals surface area contributed by atoms with Gasteiger partial charge in [0.1, 0.15) is 5.82 Å². The van der Waals surface area contributed by atoms with Crippen LogP contribution in [0.1, 0.15) is 25.8 Å². The summed E-state index contributed by atoms with van der Waals surface area (Å²) in [5.74, 6) is 1.04. The second kappa shape index (κ2) is 4.61. The number of imidazole rings is 1. The van der Waals surface area contributed by atoms with Crippen LogP contribution in [0.15, 0.2) is 30.9 Å². The molecule has 0 amide bonds. The van der Waals surface area contributed by atoms with Crippen LogP contribution in [-0.4, -0.2) is 26.8 Å². The average Bonchev–Trinajstić information content (AvgIpc) is 2.98. The normalized spacial score (nSPS) is 24.3. The van der Waals surface area contributed by atoms with Crippen molar-refractivity contribution in [3.8, 4) is 11.4 Å². The lowest BCUT2D eigenvalue weighted by Gasteiger charge is -2.31. The summed E-state index contributed by atoms with van der Waals surface area (Å²) in [4.78, 5) is 4.50. The molecule has 1 fully saturated rings. The van der Waals surface area contributed by atoms with Crippen molar-refractivity contribution in [2.75, 3.05) is 6.61 Å². The van der Waals surface area contributed by atoms with Crippen LogP contribution < -0.4 is 0 Å². The van der Waals surface area contributed by atoms with E-state index in [2.05, 4.69) is 45.7 Å². The maximum Gasteiger partial charge on any atom is 0.141 e. The van der Waals surface area contributed by atoms with Gasteiger partial charge in [-0.3, -0.25) is 0 Å². The summed E-state index contributed by atoms with van der Waals surface area (Å²) in [6.45, 7) is 3.03. The highest BCUT2D eigenvalue weighted by Crippen LogP contribution is 2.30. The van der Waals surface area contributed by atoms with Crippen molar-refractivity contribution in [2.24, 2.45) is 7.05 Å². The Morgan fingerprint density at radius 1 is 1.39 bits per heavy atom. The van der Waals surface area contributed by atoms with Gasteiger partial charge in [-0.05, 0) is 25.8 Å². The van der Waals surface area contributed by atoms with E-state index in [4.69, 9.17) is 4.74 Å².